The van der Waals surface area contributed by atoms with E-state index >= 15 is 0 Å². The molecule has 1 rings (SSSR count). The molecule has 1 unspecified atom stereocenters. The molecule has 0 spiro atoms. The number of hydrogen-bond acceptors (Lipinski definition) is 2. The van der Waals surface area contributed by atoms with Crippen molar-refractivity contribution in [2.75, 3.05) is 6.54 Å². The Bertz CT molecular complexity index is 292. The summed E-state index contributed by atoms with van der Waals surface area (Å²) in [5, 5.41) is 0. The van der Waals surface area contributed by atoms with E-state index in [1.807, 2.05) is 13.8 Å². The van der Waals surface area contributed by atoms with E-state index in [-0.39, 0.29) is 6.10 Å². The molecule has 0 bridgehead atoms. The van der Waals surface area contributed by atoms with E-state index in [1.165, 1.54) is 5.56 Å². The molecule has 2 heteroatoms. The van der Waals surface area contributed by atoms with Gasteiger partial charge in [0.05, 0.1) is 6.10 Å². The molecule has 90 valence electrons. The predicted molar refractivity (Wildman–Crippen MR) is 68.9 cm³/mol. The topological polar surface area (TPSA) is 35.2 Å². The lowest BCUT2D eigenvalue weighted by Gasteiger charge is -2.15. The summed E-state index contributed by atoms with van der Waals surface area (Å²) >= 11 is 0. The molecular weight excluding hydrogens is 198 g/mol. The van der Waals surface area contributed by atoms with Crippen LogP contribution in [0, 0.1) is 0 Å². The van der Waals surface area contributed by atoms with Gasteiger partial charge in [0.15, 0.2) is 0 Å². The van der Waals surface area contributed by atoms with Crippen molar-refractivity contribution in [2.24, 2.45) is 5.73 Å². The van der Waals surface area contributed by atoms with Gasteiger partial charge in [-0.25, -0.2) is 0 Å². The van der Waals surface area contributed by atoms with Crippen LogP contribution in [-0.4, -0.2) is 12.6 Å². The van der Waals surface area contributed by atoms with Gasteiger partial charge in [-0.2, -0.15) is 0 Å². The highest BCUT2D eigenvalue weighted by Gasteiger charge is 2.08. The van der Waals surface area contributed by atoms with Gasteiger partial charge in [0.25, 0.3) is 0 Å². The van der Waals surface area contributed by atoms with Crippen molar-refractivity contribution in [2.45, 2.75) is 45.6 Å². The first kappa shape index (κ1) is 13.0. The van der Waals surface area contributed by atoms with Gasteiger partial charge in [0.2, 0.25) is 0 Å². The molecule has 0 saturated heterocycles. The Morgan fingerprint density at radius 2 is 1.81 bits per heavy atom. The third-order valence-electron chi connectivity index (χ3n) is 2.73. The molecule has 0 aliphatic carbocycles. The lowest BCUT2D eigenvalue weighted by atomic mass is 9.93. The van der Waals surface area contributed by atoms with E-state index in [2.05, 4.69) is 31.2 Å². The number of benzene rings is 1. The smallest absolute Gasteiger partial charge is 0.119 e. The molecule has 0 aliphatic rings. The molecule has 0 aliphatic heterocycles. The summed E-state index contributed by atoms with van der Waals surface area (Å²) in [5.74, 6) is 1.53. The third-order valence-corrected chi connectivity index (χ3v) is 2.73. The Labute approximate surface area is 98.8 Å². The Hall–Kier alpha value is -1.02. The Morgan fingerprint density at radius 1 is 1.19 bits per heavy atom. The fourth-order valence-electron chi connectivity index (χ4n) is 1.90. The maximum absolute atomic E-state index is 5.62. The molecule has 0 aromatic heterocycles. The van der Waals surface area contributed by atoms with Crippen LogP contribution in [0.1, 0.15) is 45.1 Å². The van der Waals surface area contributed by atoms with E-state index in [4.69, 9.17) is 10.5 Å². The number of ether oxygens (including phenoxy) is 1. The zero-order chi connectivity index (χ0) is 12.0. The summed E-state index contributed by atoms with van der Waals surface area (Å²) in [7, 11) is 0. The van der Waals surface area contributed by atoms with Gasteiger partial charge in [-0.3, -0.25) is 0 Å². The molecule has 0 fully saturated rings. The molecule has 1 aromatic carbocycles. The summed E-state index contributed by atoms with van der Waals surface area (Å²) in [5.41, 5.74) is 6.98. The second kappa shape index (κ2) is 6.54. The first-order valence-corrected chi connectivity index (χ1v) is 6.14. The van der Waals surface area contributed by atoms with Crippen LogP contribution in [0.2, 0.25) is 0 Å². The fraction of sp³-hybridized carbons (Fsp3) is 0.571. The Balaban J connectivity index is 2.69. The molecular formula is C14H23NO. The largest absolute Gasteiger partial charge is 0.491 e. The second-order valence-electron chi connectivity index (χ2n) is 4.42. The summed E-state index contributed by atoms with van der Waals surface area (Å²) in [6.07, 6.45) is 2.43. The Morgan fingerprint density at radius 3 is 2.25 bits per heavy atom. The molecule has 2 N–H and O–H groups in total. The van der Waals surface area contributed by atoms with Crippen LogP contribution in [-0.2, 0) is 0 Å². The van der Waals surface area contributed by atoms with Crippen LogP contribution >= 0.6 is 0 Å². The van der Waals surface area contributed by atoms with Crippen molar-refractivity contribution in [1.29, 1.82) is 0 Å². The molecule has 0 amide bonds. The average Bonchev–Trinajstić information content (AvgIpc) is 2.26. The van der Waals surface area contributed by atoms with Gasteiger partial charge in [0, 0.05) is 0 Å². The van der Waals surface area contributed by atoms with Crippen LogP contribution in [0.25, 0.3) is 0 Å². The number of hydrogen-bond donors (Lipinski definition) is 1. The molecule has 0 saturated carbocycles. The van der Waals surface area contributed by atoms with E-state index in [0.717, 1.165) is 25.1 Å². The highest BCUT2D eigenvalue weighted by molar-refractivity contribution is 5.29. The lowest BCUT2D eigenvalue weighted by Crippen LogP contribution is -2.07. The van der Waals surface area contributed by atoms with E-state index in [9.17, 15) is 0 Å². The summed E-state index contributed by atoms with van der Waals surface area (Å²) in [6, 6.07) is 8.41. The second-order valence-corrected chi connectivity index (χ2v) is 4.42. The van der Waals surface area contributed by atoms with Crippen molar-refractivity contribution >= 4 is 0 Å². The first-order valence-electron chi connectivity index (χ1n) is 6.14. The molecule has 0 heterocycles. The van der Waals surface area contributed by atoms with Crippen LogP contribution in [0.3, 0.4) is 0 Å². The molecule has 1 atom stereocenters. The fourth-order valence-corrected chi connectivity index (χ4v) is 1.90. The molecule has 2 nitrogen and oxygen atoms in total. The van der Waals surface area contributed by atoms with Gasteiger partial charge < -0.3 is 10.5 Å². The third kappa shape index (κ3) is 3.86. The highest BCUT2D eigenvalue weighted by atomic mass is 16.5. The summed E-state index contributed by atoms with van der Waals surface area (Å²) < 4.78 is 5.62. The maximum Gasteiger partial charge on any atom is 0.119 e. The molecule has 1 aromatic rings. The molecule has 0 radical (unpaired) electrons. The summed E-state index contributed by atoms with van der Waals surface area (Å²) in [4.78, 5) is 0. The number of nitrogens with two attached hydrogens (primary N) is 1. The van der Waals surface area contributed by atoms with E-state index in [1.54, 1.807) is 0 Å². The molecule has 16 heavy (non-hydrogen) atoms. The highest BCUT2D eigenvalue weighted by Crippen LogP contribution is 2.24. The van der Waals surface area contributed by atoms with Crippen molar-refractivity contribution in [3.05, 3.63) is 29.8 Å². The van der Waals surface area contributed by atoms with Gasteiger partial charge >= 0.3 is 0 Å². The van der Waals surface area contributed by atoms with Gasteiger partial charge in [-0.1, -0.05) is 19.1 Å². The zero-order valence-electron chi connectivity index (χ0n) is 10.6. The van der Waals surface area contributed by atoms with Crippen LogP contribution in [0.15, 0.2) is 24.3 Å². The predicted octanol–water partition coefficient (Wildman–Crippen LogP) is 3.32. The zero-order valence-corrected chi connectivity index (χ0v) is 10.6. The Kier molecular flexibility index (Phi) is 5.33. The normalized spacial score (nSPS) is 12.8. The monoisotopic (exact) mass is 221 g/mol. The van der Waals surface area contributed by atoms with Crippen molar-refractivity contribution in [1.82, 2.24) is 0 Å². The van der Waals surface area contributed by atoms with Crippen molar-refractivity contribution < 1.29 is 4.74 Å². The minimum Gasteiger partial charge on any atom is -0.491 e. The van der Waals surface area contributed by atoms with E-state index < -0.39 is 0 Å². The minimum atomic E-state index is 0.233. The minimum absolute atomic E-state index is 0.233. The average molecular weight is 221 g/mol. The van der Waals surface area contributed by atoms with Crippen molar-refractivity contribution in [3.63, 3.8) is 0 Å². The SMILES string of the molecule is CCC(CCN)c1ccc(OC(C)C)cc1. The van der Waals surface area contributed by atoms with Gasteiger partial charge in [-0.15, -0.1) is 0 Å². The van der Waals surface area contributed by atoms with E-state index in [0.29, 0.717) is 5.92 Å². The van der Waals surface area contributed by atoms with Crippen molar-refractivity contribution in [3.8, 4) is 5.75 Å². The standard InChI is InChI=1S/C14H23NO/c1-4-12(9-10-15)13-5-7-14(8-6-13)16-11(2)3/h5-8,11-12H,4,9-10,15H2,1-3H3. The number of rotatable bonds is 6. The van der Waals surface area contributed by atoms with Gasteiger partial charge in [0.1, 0.15) is 5.75 Å². The quantitative estimate of drug-likeness (QED) is 0.799. The first-order chi connectivity index (χ1) is 7.67. The lowest BCUT2D eigenvalue weighted by molar-refractivity contribution is 0.242. The van der Waals surface area contributed by atoms with Crippen LogP contribution in [0.5, 0.6) is 5.75 Å². The van der Waals surface area contributed by atoms with Crippen LogP contribution < -0.4 is 10.5 Å². The van der Waals surface area contributed by atoms with Crippen LogP contribution in [0.4, 0.5) is 0 Å². The maximum atomic E-state index is 5.62. The summed E-state index contributed by atoms with van der Waals surface area (Å²) in [6.45, 7) is 7.04. The van der Waals surface area contributed by atoms with Gasteiger partial charge in [-0.05, 0) is 56.8 Å².